The van der Waals surface area contributed by atoms with E-state index in [0.717, 1.165) is 24.1 Å². The number of amides is 3. The number of urea groups is 1. The Hall–Kier alpha value is -3.27. The third kappa shape index (κ3) is 6.05. The summed E-state index contributed by atoms with van der Waals surface area (Å²) in [7, 11) is 0. The normalized spacial score (nSPS) is 16.8. The number of nitrogens with one attached hydrogen (secondary N) is 1. The van der Waals surface area contributed by atoms with Crippen molar-refractivity contribution in [3.05, 3.63) is 46.2 Å². The first-order chi connectivity index (χ1) is 17.0. The molecule has 1 fully saturated rings. The second-order valence-electron chi connectivity index (χ2n) is 8.76. The molecular weight excluding hydrogens is 470 g/mol. The minimum absolute atomic E-state index is 0.104. The van der Waals surface area contributed by atoms with Crippen molar-refractivity contribution in [3.63, 3.8) is 0 Å². The highest BCUT2D eigenvalue weighted by molar-refractivity contribution is 7.09. The third-order valence-electron chi connectivity index (χ3n) is 6.27. The molecule has 2 aliphatic rings. The number of carbonyl (C=O) groups excluding carboxylic acids is 2. The van der Waals surface area contributed by atoms with E-state index >= 15 is 0 Å². The van der Waals surface area contributed by atoms with Gasteiger partial charge in [0.25, 0.3) is 0 Å². The number of carboxylic acid groups (broad SMARTS) is 1. The standard InChI is InChI=1S/C25H31N3O6S/c1-2-3-7-20(28-11-5-10-27(25(28)32)15-18-6-4-12-35-18)24(31)26-19(14-23(29)30)17-8-9-21-22(13-17)34-16-33-21/h4,6,8-9,12-13,19-20H,2-3,5,7,10-11,14-16H2,1H3,(H,26,31)(H,29,30)/t19-,20+/m1/s1. The molecule has 0 aliphatic carbocycles. The van der Waals surface area contributed by atoms with E-state index in [1.807, 2.05) is 24.4 Å². The average Bonchev–Trinajstić information content (AvgIpc) is 3.52. The molecule has 1 aromatic heterocycles. The van der Waals surface area contributed by atoms with E-state index in [0.29, 0.717) is 43.1 Å². The maximum absolute atomic E-state index is 13.5. The summed E-state index contributed by atoms with van der Waals surface area (Å²) in [5.74, 6) is -0.271. The van der Waals surface area contributed by atoms with Gasteiger partial charge in [0.1, 0.15) is 6.04 Å². The zero-order valence-electron chi connectivity index (χ0n) is 19.8. The zero-order valence-corrected chi connectivity index (χ0v) is 20.6. The van der Waals surface area contributed by atoms with Crippen LogP contribution in [-0.4, -0.2) is 58.7 Å². The number of rotatable bonds is 11. The lowest BCUT2D eigenvalue weighted by atomic mass is 10.0. The van der Waals surface area contributed by atoms with Crippen molar-refractivity contribution < 1.29 is 29.0 Å². The van der Waals surface area contributed by atoms with Gasteiger partial charge in [0.2, 0.25) is 12.7 Å². The second-order valence-corrected chi connectivity index (χ2v) is 9.79. The molecule has 1 aromatic carbocycles. The molecule has 35 heavy (non-hydrogen) atoms. The molecule has 0 radical (unpaired) electrons. The van der Waals surface area contributed by atoms with Crippen molar-refractivity contribution in [3.8, 4) is 11.5 Å². The Balaban J connectivity index is 1.52. The van der Waals surface area contributed by atoms with Crippen molar-refractivity contribution in [1.82, 2.24) is 15.1 Å². The van der Waals surface area contributed by atoms with E-state index in [4.69, 9.17) is 9.47 Å². The number of aliphatic carboxylic acids is 1. The predicted octanol–water partition coefficient (Wildman–Crippen LogP) is 4.00. The molecule has 4 rings (SSSR count). The van der Waals surface area contributed by atoms with Gasteiger partial charge >= 0.3 is 12.0 Å². The second kappa shape index (κ2) is 11.4. The molecule has 2 aliphatic heterocycles. The van der Waals surface area contributed by atoms with Gasteiger partial charge in [0.15, 0.2) is 11.5 Å². The lowest BCUT2D eigenvalue weighted by Crippen LogP contribution is -2.57. The van der Waals surface area contributed by atoms with Crippen LogP contribution in [0.4, 0.5) is 4.79 Å². The van der Waals surface area contributed by atoms with Crippen LogP contribution in [0.5, 0.6) is 11.5 Å². The molecule has 10 heteroatoms. The molecule has 3 amide bonds. The van der Waals surface area contributed by atoms with E-state index in [2.05, 4.69) is 5.32 Å². The Labute approximate surface area is 208 Å². The number of benzene rings is 1. The number of hydrogen-bond donors (Lipinski definition) is 2. The van der Waals surface area contributed by atoms with E-state index < -0.39 is 18.1 Å². The molecule has 0 saturated carbocycles. The van der Waals surface area contributed by atoms with Crippen LogP contribution in [0, 0.1) is 0 Å². The van der Waals surface area contributed by atoms with Crippen molar-refractivity contribution in [2.75, 3.05) is 19.9 Å². The summed E-state index contributed by atoms with van der Waals surface area (Å²) in [6.07, 6.45) is 2.66. The van der Waals surface area contributed by atoms with Gasteiger partial charge in [0, 0.05) is 18.0 Å². The van der Waals surface area contributed by atoms with E-state index in [9.17, 15) is 19.5 Å². The Morgan fingerprint density at radius 1 is 1.20 bits per heavy atom. The summed E-state index contributed by atoms with van der Waals surface area (Å²) in [6, 6.07) is 7.52. The lowest BCUT2D eigenvalue weighted by molar-refractivity contribution is -0.138. The number of hydrogen-bond acceptors (Lipinski definition) is 6. The molecule has 1 saturated heterocycles. The number of carbonyl (C=O) groups is 3. The van der Waals surface area contributed by atoms with Gasteiger partial charge in [-0.15, -0.1) is 11.3 Å². The fourth-order valence-electron chi connectivity index (χ4n) is 4.48. The SMILES string of the molecule is CCCC[C@@H](C(=O)N[C@H](CC(=O)O)c1ccc2c(c1)OCO2)N1CCCN(Cc2cccs2)C1=O. The van der Waals surface area contributed by atoms with Crippen molar-refractivity contribution in [2.45, 2.75) is 57.7 Å². The summed E-state index contributed by atoms with van der Waals surface area (Å²) in [6.45, 7) is 3.81. The maximum Gasteiger partial charge on any atom is 0.321 e. The average molecular weight is 502 g/mol. The summed E-state index contributed by atoms with van der Waals surface area (Å²) >= 11 is 1.60. The third-order valence-corrected chi connectivity index (χ3v) is 7.14. The Bertz CT molecular complexity index is 1040. The zero-order chi connectivity index (χ0) is 24.8. The Morgan fingerprint density at radius 2 is 2.03 bits per heavy atom. The van der Waals surface area contributed by atoms with Crippen LogP contribution in [0.3, 0.4) is 0 Å². The first kappa shape index (κ1) is 24.8. The van der Waals surface area contributed by atoms with Crippen LogP contribution in [-0.2, 0) is 16.1 Å². The van der Waals surface area contributed by atoms with E-state index in [1.165, 1.54) is 0 Å². The number of carboxylic acids is 1. The molecule has 2 aromatic rings. The van der Waals surface area contributed by atoms with Gasteiger partial charge < -0.3 is 29.7 Å². The summed E-state index contributed by atoms with van der Waals surface area (Å²) in [4.78, 5) is 43.1. The molecule has 0 spiro atoms. The van der Waals surface area contributed by atoms with Gasteiger partial charge in [-0.2, -0.15) is 0 Å². The maximum atomic E-state index is 13.5. The van der Waals surface area contributed by atoms with Gasteiger partial charge in [-0.05, 0) is 42.0 Å². The van der Waals surface area contributed by atoms with E-state index in [-0.39, 0.29) is 25.2 Å². The molecule has 2 atom stereocenters. The lowest BCUT2D eigenvalue weighted by Gasteiger charge is -2.40. The molecule has 0 bridgehead atoms. The van der Waals surface area contributed by atoms with Crippen LogP contribution >= 0.6 is 11.3 Å². The van der Waals surface area contributed by atoms with E-state index in [1.54, 1.807) is 39.3 Å². The van der Waals surface area contributed by atoms with Crippen LogP contribution in [0.15, 0.2) is 35.7 Å². The molecule has 0 unspecified atom stereocenters. The van der Waals surface area contributed by atoms with Crippen LogP contribution in [0.1, 0.15) is 55.5 Å². The van der Waals surface area contributed by atoms with Gasteiger partial charge in [0.05, 0.1) is 19.0 Å². The number of thiophene rings is 1. The number of unbranched alkanes of at least 4 members (excludes halogenated alkanes) is 1. The highest BCUT2D eigenvalue weighted by Gasteiger charge is 2.36. The topological polar surface area (TPSA) is 108 Å². The van der Waals surface area contributed by atoms with Crippen LogP contribution < -0.4 is 14.8 Å². The monoisotopic (exact) mass is 501 g/mol. The first-order valence-corrected chi connectivity index (χ1v) is 12.8. The predicted molar refractivity (Wildman–Crippen MR) is 130 cm³/mol. The van der Waals surface area contributed by atoms with Crippen LogP contribution in [0.25, 0.3) is 0 Å². The summed E-state index contributed by atoms with van der Waals surface area (Å²) in [5, 5.41) is 14.4. The highest BCUT2D eigenvalue weighted by atomic mass is 32.1. The van der Waals surface area contributed by atoms with Crippen molar-refractivity contribution in [2.24, 2.45) is 0 Å². The highest BCUT2D eigenvalue weighted by Crippen LogP contribution is 2.35. The van der Waals surface area contributed by atoms with Crippen molar-refractivity contribution in [1.29, 1.82) is 0 Å². The Kier molecular flexibility index (Phi) is 8.12. The minimum Gasteiger partial charge on any atom is -0.481 e. The number of ether oxygens (including phenoxy) is 2. The van der Waals surface area contributed by atoms with Gasteiger partial charge in [-0.25, -0.2) is 4.79 Å². The number of nitrogens with zero attached hydrogens (tertiary/aromatic N) is 2. The quantitative estimate of drug-likeness (QED) is 0.482. The van der Waals surface area contributed by atoms with Gasteiger partial charge in [-0.3, -0.25) is 9.59 Å². The Morgan fingerprint density at radius 3 is 2.77 bits per heavy atom. The van der Waals surface area contributed by atoms with Crippen molar-refractivity contribution >= 4 is 29.2 Å². The molecular formula is C25H31N3O6S. The minimum atomic E-state index is -1.03. The fourth-order valence-corrected chi connectivity index (χ4v) is 5.20. The van der Waals surface area contributed by atoms with Gasteiger partial charge in [-0.1, -0.05) is 31.9 Å². The smallest absolute Gasteiger partial charge is 0.321 e. The largest absolute Gasteiger partial charge is 0.481 e. The first-order valence-electron chi connectivity index (χ1n) is 12.0. The van der Waals surface area contributed by atoms with Crippen LogP contribution in [0.2, 0.25) is 0 Å². The molecule has 3 heterocycles. The summed E-state index contributed by atoms with van der Waals surface area (Å²) in [5.41, 5.74) is 0.614. The number of fused-ring (bicyclic) bond motifs is 1. The fraction of sp³-hybridized carbons (Fsp3) is 0.480. The molecule has 2 N–H and O–H groups in total. The molecule has 9 nitrogen and oxygen atoms in total. The molecule has 188 valence electrons. The summed E-state index contributed by atoms with van der Waals surface area (Å²) < 4.78 is 10.8.